The van der Waals surface area contributed by atoms with E-state index in [-0.39, 0.29) is 5.97 Å². The first-order valence-electron chi connectivity index (χ1n) is 7.08. The van der Waals surface area contributed by atoms with Gasteiger partial charge in [-0.2, -0.15) is 0 Å². The predicted molar refractivity (Wildman–Crippen MR) is 76.8 cm³/mol. The zero-order chi connectivity index (χ0) is 13.7. The average Bonchev–Trinajstić information content (AvgIpc) is 2.43. The van der Waals surface area contributed by atoms with E-state index in [1.165, 1.54) is 5.56 Å². The molecule has 0 aliphatic heterocycles. The van der Waals surface area contributed by atoms with E-state index in [1.807, 2.05) is 25.1 Å². The molecule has 1 fully saturated rings. The molecule has 0 heterocycles. The Morgan fingerprint density at radius 1 is 1.32 bits per heavy atom. The first kappa shape index (κ1) is 13.9. The molecule has 0 amide bonds. The quantitative estimate of drug-likeness (QED) is 0.604. The largest absolute Gasteiger partial charge is 0.465 e. The molecule has 1 unspecified atom stereocenters. The van der Waals surface area contributed by atoms with Gasteiger partial charge in [-0.25, -0.2) is 0 Å². The molecule has 1 aliphatic rings. The minimum atomic E-state index is -0.504. The Kier molecular flexibility index (Phi) is 4.41. The zero-order valence-electron chi connectivity index (χ0n) is 11.7. The second-order valence-electron chi connectivity index (χ2n) is 5.28. The number of hydrogen-bond acceptors (Lipinski definition) is 2. The summed E-state index contributed by atoms with van der Waals surface area (Å²) in [5.41, 5.74) is 1.72. The van der Waals surface area contributed by atoms with Crippen LogP contribution in [0.15, 0.2) is 42.5 Å². The molecule has 2 rings (SSSR count). The summed E-state index contributed by atoms with van der Waals surface area (Å²) in [6.07, 6.45) is 4.72. The molecule has 1 aromatic carbocycles. The van der Waals surface area contributed by atoms with Crippen LogP contribution in [0.2, 0.25) is 0 Å². The highest BCUT2D eigenvalue weighted by Gasteiger charge is 2.43. The number of carbonyl (C=O) groups is 1. The van der Waals surface area contributed by atoms with E-state index in [2.05, 4.69) is 18.7 Å². The zero-order valence-corrected chi connectivity index (χ0v) is 11.7. The molecular formula is C17H22O2. The van der Waals surface area contributed by atoms with Gasteiger partial charge in [-0.1, -0.05) is 48.9 Å². The van der Waals surface area contributed by atoms with Crippen molar-refractivity contribution in [1.29, 1.82) is 0 Å². The van der Waals surface area contributed by atoms with Crippen LogP contribution in [0.5, 0.6) is 0 Å². The molecule has 19 heavy (non-hydrogen) atoms. The first-order valence-corrected chi connectivity index (χ1v) is 7.08. The number of carbonyl (C=O) groups excluding carboxylic acids is 1. The van der Waals surface area contributed by atoms with Crippen molar-refractivity contribution in [2.24, 2.45) is 5.41 Å². The SMILES string of the molecule is C=C1CCCCC1(Cc1ccccc1)C(=O)OCC. The summed E-state index contributed by atoms with van der Waals surface area (Å²) in [7, 11) is 0. The third-order valence-corrected chi connectivity index (χ3v) is 4.02. The predicted octanol–water partition coefficient (Wildman–Crippen LogP) is 3.91. The van der Waals surface area contributed by atoms with E-state index >= 15 is 0 Å². The van der Waals surface area contributed by atoms with Crippen LogP contribution in [0, 0.1) is 5.41 Å². The van der Waals surface area contributed by atoms with Crippen LogP contribution in [0.3, 0.4) is 0 Å². The van der Waals surface area contributed by atoms with Crippen LogP contribution in [0.4, 0.5) is 0 Å². The van der Waals surface area contributed by atoms with Gasteiger partial charge in [-0.05, 0) is 38.2 Å². The van der Waals surface area contributed by atoms with Crippen molar-refractivity contribution >= 4 is 5.97 Å². The van der Waals surface area contributed by atoms with Gasteiger partial charge in [0.05, 0.1) is 12.0 Å². The van der Waals surface area contributed by atoms with Gasteiger partial charge in [0.25, 0.3) is 0 Å². The van der Waals surface area contributed by atoms with Gasteiger partial charge >= 0.3 is 5.97 Å². The van der Waals surface area contributed by atoms with Crippen molar-refractivity contribution in [1.82, 2.24) is 0 Å². The van der Waals surface area contributed by atoms with E-state index in [9.17, 15) is 4.79 Å². The second-order valence-corrected chi connectivity index (χ2v) is 5.28. The molecule has 1 atom stereocenters. The van der Waals surface area contributed by atoms with Crippen molar-refractivity contribution in [3.05, 3.63) is 48.0 Å². The van der Waals surface area contributed by atoms with Crippen molar-refractivity contribution in [2.75, 3.05) is 6.61 Å². The van der Waals surface area contributed by atoms with Gasteiger partial charge in [-0.15, -0.1) is 0 Å². The third kappa shape index (κ3) is 2.89. The fourth-order valence-corrected chi connectivity index (χ4v) is 2.93. The van der Waals surface area contributed by atoms with Crippen molar-refractivity contribution < 1.29 is 9.53 Å². The standard InChI is InChI=1S/C17H22O2/c1-3-19-16(18)17(12-8-7-9-14(17)2)13-15-10-5-4-6-11-15/h4-6,10-11H,2-3,7-9,12-13H2,1H3. The Balaban J connectivity index is 2.28. The normalized spacial score (nSPS) is 23.1. The maximum atomic E-state index is 12.5. The van der Waals surface area contributed by atoms with Crippen molar-refractivity contribution in [3.8, 4) is 0 Å². The molecule has 0 radical (unpaired) electrons. The van der Waals surface area contributed by atoms with Crippen LogP contribution < -0.4 is 0 Å². The number of esters is 1. The molecule has 0 saturated heterocycles. The minimum absolute atomic E-state index is 0.0939. The number of rotatable bonds is 4. The van der Waals surface area contributed by atoms with E-state index in [0.29, 0.717) is 13.0 Å². The van der Waals surface area contributed by atoms with E-state index < -0.39 is 5.41 Å². The van der Waals surface area contributed by atoms with Crippen molar-refractivity contribution in [3.63, 3.8) is 0 Å². The van der Waals surface area contributed by atoms with Crippen LogP contribution >= 0.6 is 0 Å². The van der Waals surface area contributed by atoms with Crippen LogP contribution in [0.25, 0.3) is 0 Å². The van der Waals surface area contributed by atoms with Gasteiger partial charge in [-0.3, -0.25) is 4.79 Å². The molecule has 1 saturated carbocycles. The molecule has 2 heteroatoms. The fourth-order valence-electron chi connectivity index (χ4n) is 2.93. The summed E-state index contributed by atoms with van der Waals surface area (Å²) in [6, 6.07) is 10.2. The van der Waals surface area contributed by atoms with E-state index in [0.717, 1.165) is 31.3 Å². The highest BCUT2D eigenvalue weighted by atomic mass is 16.5. The molecule has 0 aromatic heterocycles. The van der Waals surface area contributed by atoms with Gasteiger partial charge in [0.1, 0.15) is 0 Å². The Bertz CT molecular complexity index is 450. The summed E-state index contributed by atoms with van der Waals surface area (Å²) in [5, 5.41) is 0. The summed E-state index contributed by atoms with van der Waals surface area (Å²) in [6.45, 7) is 6.46. The second kappa shape index (κ2) is 6.05. The third-order valence-electron chi connectivity index (χ3n) is 4.02. The number of hydrogen-bond donors (Lipinski definition) is 0. The highest BCUT2D eigenvalue weighted by Crippen LogP contribution is 2.43. The lowest BCUT2D eigenvalue weighted by molar-refractivity contribution is -0.154. The Hall–Kier alpha value is -1.57. The molecular weight excluding hydrogens is 236 g/mol. The lowest BCUT2D eigenvalue weighted by Crippen LogP contribution is -2.39. The Morgan fingerprint density at radius 3 is 2.68 bits per heavy atom. The highest BCUT2D eigenvalue weighted by molar-refractivity contribution is 5.81. The molecule has 0 spiro atoms. The number of ether oxygens (including phenoxy) is 1. The maximum absolute atomic E-state index is 12.5. The monoisotopic (exact) mass is 258 g/mol. The summed E-state index contributed by atoms with van der Waals surface area (Å²) >= 11 is 0. The average molecular weight is 258 g/mol. The van der Waals surface area contributed by atoms with Gasteiger partial charge in [0, 0.05) is 0 Å². The summed E-state index contributed by atoms with van der Waals surface area (Å²) < 4.78 is 5.33. The molecule has 2 nitrogen and oxygen atoms in total. The summed E-state index contributed by atoms with van der Waals surface area (Å²) in [5.74, 6) is -0.0939. The molecule has 1 aromatic rings. The lowest BCUT2D eigenvalue weighted by Gasteiger charge is -2.37. The molecule has 102 valence electrons. The van der Waals surface area contributed by atoms with Crippen molar-refractivity contribution in [2.45, 2.75) is 39.0 Å². The van der Waals surface area contributed by atoms with E-state index in [1.54, 1.807) is 0 Å². The fraction of sp³-hybridized carbons (Fsp3) is 0.471. The molecule has 1 aliphatic carbocycles. The maximum Gasteiger partial charge on any atom is 0.316 e. The van der Waals surface area contributed by atoms with Gasteiger partial charge < -0.3 is 4.74 Å². The summed E-state index contributed by atoms with van der Waals surface area (Å²) in [4.78, 5) is 12.5. The Morgan fingerprint density at radius 2 is 2.05 bits per heavy atom. The van der Waals surface area contributed by atoms with Gasteiger partial charge in [0.15, 0.2) is 0 Å². The Labute approximate surface area is 115 Å². The topological polar surface area (TPSA) is 26.3 Å². The molecule has 0 N–H and O–H groups in total. The van der Waals surface area contributed by atoms with Gasteiger partial charge in [0.2, 0.25) is 0 Å². The van der Waals surface area contributed by atoms with Crippen LogP contribution in [-0.4, -0.2) is 12.6 Å². The van der Waals surface area contributed by atoms with Crippen LogP contribution in [0.1, 0.15) is 38.2 Å². The smallest absolute Gasteiger partial charge is 0.316 e. The van der Waals surface area contributed by atoms with Crippen LogP contribution in [-0.2, 0) is 16.0 Å². The first-order chi connectivity index (χ1) is 9.19. The minimum Gasteiger partial charge on any atom is -0.465 e. The lowest BCUT2D eigenvalue weighted by atomic mass is 9.67. The number of benzene rings is 1. The van der Waals surface area contributed by atoms with E-state index in [4.69, 9.17) is 4.74 Å². The molecule has 0 bridgehead atoms.